The molecule has 3 heteroatoms. The molecule has 0 saturated heterocycles. The van der Waals surface area contributed by atoms with E-state index in [0.29, 0.717) is 12.6 Å². The van der Waals surface area contributed by atoms with Crippen LogP contribution in [0.3, 0.4) is 0 Å². The average molecular weight is 331 g/mol. The Kier molecular flexibility index (Phi) is 4.82. The Hall–Kier alpha value is -2.55. The van der Waals surface area contributed by atoms with E-state index < -0.39 is 0 Å². The first-order chi connectivity index (χ1) is 12.4. The number of hydrogen-bond acceptors (Lipinski definition) is 1. The van der Waals surface area contributed by atoms with Crippen LogP contribution in [0.25, 0.3) is 10.9 Å². The molecule has 3 aromatic rings. The number of nitrogens with zero attached hydrogens (tertiary/aromatic N) is 2. The summed E-state index contributed by atoms with van der Waals surface area (Å²) in [6, 6.07) is 21.7. The molecule has 1 fully saturated rings. The zero-order valence-electron chi connectivity index (χ0n) is 14.6. The second-order valence-electron chi connectivity index (χ2n) is 6.85. The number of aliphatic imine (C=N–C) groups is 1. The zero-order valence-corrected chi connectivity index (χ0v) is 14.6. The van der Waals surface area contributed by atoms with Gasteiger partial charge in [-0.1, -0.05) is 67.8 Å². The van der Waals surface area contributed by atoms with Crippen molar-refractivity contribution in [2.45, 2.75) is 44.7 Å². The van der Waals surface area contributed by atoms with Crippen molar-refractivity contribution in [3.63, 3.8) is 0 Å². The minimum absolute atomic E-state index is 0.532. The van der Waals surface area contributed by atoms with Crippen molar-refractivity contribution < 1.29 is 0 Å². The highest BCUT2D eigenvalue weighted by atomic mass is 15.2. The third kappa shape index (κ3) is 3.76. The molecule has 1 aromatic heterocycles. The van der Waals surface area contributed by atoms with Gasteiger partial charge in [-0.2, -0.15) is 0 Å². The molecule has 1 heterocycles. The van der Waals surface area contributed by atoms with E-state index in [1.165, 1.54) is 48.6 Å². The molecular weight excluding hydrogens is 306 g/mol. The topological polar surface area (TPSA) is 29.3 Å². The highest BCUT2D eigenvalue weighted by Gasteiger charge is 2.16. The van der Waals surface area contributed by atoms with Crippen LogP contribution < -0.4 is 5.32 Å². The first kappa shape index (κ1) is 15.9. The maximum atomic E-state index is 4.95. The lowest BCUT2D eigenvalue weighted by Gasteiger charge is -2.25. The van der Waals surface area contributed by atoms with Gasteiger partial charge in [-0.25, -0.2) is 4.99 Å². The van der Waals surface area contributed by atoms with Crippen LogP contribution in [-0.2, 0) is 6.54 Å². The SMILES string of the molecule is c1ccc(CN=C(NC2CCCCC2)n2ccc3ccccc32)cc1. The summed E-state index contributed by atoms with van der Waals surface area (Å²) in [5.74, 6) is 0.969. The second-order valence-corrected chi connectivity index (χ2v) is 6.85. The Bertz CT molecular complexity index is 842. The summed E-state index contributed by atoms with van der Waals surface area (Å²) < 4.78 is 2.20. The summed E-state index contributed by atoms with van der Waals surface area (Å²) in [6.07, 6.45) is 8.60. The van der Waals surface area contributed by atoms with E-state index in [9.17, 15) is 0 Å². The fourth-order valence-corrected chi connectivity index (χ4v) is 3.64. The Labute approximate surface area is 149 Å². The van der Waals surface area contributed by atoms with E-state index in [1.807, 2.05) is 6.07 Å². The summed E-state index contributed by atoms with van der Waals surface area (Å²) in [5, 5.41) is 4.98. The second kappa shape index (κ2) is 7.56. The van der Waals surface area contributed by atoms with Crippen molar-refractivity contribution >= 4 is 16.9 Å². The van der Waals surface area contributed by atoms with Gasteiger partial charge in [-0.3, -0.25) is 4.57 Å². The van der Waals surface area contributed by atoms with Gasteiger partial charge in [0.05, 0.1) is 12.1 Å². The zero-order chi connectivity index (χ0) is 16.9. The Morgan fingerprint density at radius 3 is 2.52 bits per heavy atom. The normalized spacial score (nSPS) is 16.2. The third-order valence-electron chi connectivity index (χ3n) is 5.02. The van der Waals surface area contributed by atoms with Gasteiger partial charge in [0.25, 0.3) is 0 Å². The van der Waals surface area contributed by atoms with E-state index >= 15 is 0 Å². The minimum Gasteiger partial charge on any atom is -0.353 e. The van der Waals surface area contributed by atoms with Crippen LogP contribution in [0.15, 0.2) is 71.9 Å². The van der Waals surface area contributed by atoms with Crippen molar-refractivity contribution in [3.05, 3.63) is 72.4 Å². The van der Waals surface area contributed by atoms with Crippen LogP contribution in [0, 0.1) is 0 Å². The van der Waals surface area contributed by atoms with E-state index in [2.05, 4.69) is 70.7 Å². The van der Waals surface area contributed by atoms with Gasteiger partial charge in [0.2, 0.25) is 5.96 Å². The third-order valence-corrected chi connectivity index (χ3v) is 5.02. The number of hydrogen-bond donors (Lipinski definition) is 1. The lowest BCUT2D eigenvalue weighted by Crippen LogP contribution is -2.39. The summed E-state index contributed by atoms with van der Waals surface area (Å²) in [5.41, 5.74) is 2.44. The maximum absolute atomic E-state index is 4.95. The van der Waals surface area contributed by atoms with Gasteiger partial charge in [0.1, 0.15) is 0 Å². The Balaban J connectivity index is 1.65. The number of benzene rings is 2. The van der Waals surface area contributed by atoms with E-state index in [-0.39, 0.29) is 0 Å². The largest absolute Gasteiger partial charge is 0.353 e. The molecule has 0 radical (unpaired) electrons. The average Bonchev–Trinajstić information content (AvgIpc) is 3.11. The first-order valence-electron chi connectivity index (χ1n) is 9.31. The molecular formula is C22H25N3. The van der Waals surface area contributed by atoms with Crippen LogP contribution in [-0.4, -0.2) is 16.6 Å². The van der Waals surface area contributed by atoms with Gasteiger partial charge in [-0.05, 0) is 30.5 Å². The van der Waals surface area contributed by atoms with Crippen LogP contribution in [0.1, 0.15) is 37.7 Å². The molecule has 0 spiro atoms. The van der Waals surface area contributed by atoms with Crippen LogP contribution in [0.2, 0.25) is 0 Å². The summed E-state index contributed by atoms with van der Waals surface area (Å²) in [7, 11) is 0. The molecule has 1 aliphatic rings. The van der Waals surface area contributed by atoms with Crippen molar-refractivity contribution in [2.24, 2.45) is 4.99 Å². The maximum Gasteiger partial charge on any atom is 0.203 e. The molecule has 1 N–H and O–H groups in total. The van der Waals surface area contributed by atoms with Crippen LogP contribution in [0.5, 0.6) is 0 Å². The highest BCUT2D eigenvalue weighted by Crippen LogP contribution is 2.19. The molecule has 0 aliphatic heterocycles. The summed E-state index contributed by atoms with van der Waals surface area (Å²) in [4.78, 5) is 4.95. The fourth-order valence-electron chi connectivity index (χ4n) is 3.64. The molecule has 0 unspecified atom stereocenters. The lowest BCUT2D eigenvalue weighted by molar-refractivity contribution is 0.410. The molecule has 0 atom stereocenters. The number of nitrogens with one attached hydrogen (secondary N) is 1. The summed E-state index contributed by atoms with van der Waals surface area (Å²) >= 11 is 0. The monoisotopic (exact) mass is 331 g/mol. The quantitative estimate of drug-likeness (QED) is 0.533. The van der Waals surface area contributed by atoms with E-state index in [4.69, 9.17) is 4.99 Å². The molecule has 4 rings (SSSR count). The van der Waals surface area contributed by atoms with E-state index in [1.54, 1.807) is 0 Å². The van der Waals surface area contributed by atoms with Gasteiger partial charge >= 0.3 is 0 Å². The molecule has 128 valence electrons. The van der Waals surface area contributed by atoms with Crippen molar-refractivity contribution in [1.82, 2.24) is 9.88 Å². The summed E-state index contributed by atoms with van der Waals surface area (Å²) in [6.45, 7) is 0.697. The number of rotatable bonds is 3. The van der Waals surface area contributed by atoms with Crippen molar-refractivity contribution in [1.29, 1.82) is 0 Å². The predicted molar refractivity (Wildman–Crippen MR) is 105 cm³/mol. The molecule has 1 aliphatic carbocycles. The molecule has 0 bridgehead atoms. The van der Waals surface area contributed by atoms with E-state index in [0.717, 1.165) is 5.96 Å². The smallest absolute Gasteiger partial charge is 0.203 e. The Morgan fingerprint density at radius 1 is 0.920 bits per heavy atom. The minimum atomic E-state index is 0.532. The van der Waals surface area contributed by atoms with Crippen LogP contribution >= 0.6 is 0 Å². The Morgan fingerprint density at radius 2 is 1.68 bits per heavy atom. The van der Waals surface area contributed by atoms with Crippen LogP contribution in [0.4, 0.5) is 0 Å². The van der Waals surface area contributed by atoms with Gasteiger partial charge in [-0.15, -0.1) is 0 Å². The molecule has 0 amide bonds. The standard InChI is InChI=1S/C22H25N3/c1-3-9-18(10-4-1)17-23-22(24-20-12-5-2-6-13-20)25-16-15-19-11-7-8-14-21(19)25/h1,3-4,7-11,14-16,20H,2,5-6,12-13,17H2,(H,23,24). The van der Waals surface area contributed by atoms with Crippen molar-refractivity contribution in [2.75, 3.05) is 0 Å². The number of para-hydroxylation sites is 1. The van der Waals surface area contributed by atoms with Gasteiger partial charge < -0.3 is 5.32 Å². The molecule has 3 nitrogen and oxygen atoms in total. The van der Waals surface area contributed by atoms with Gasteiger partial charge in [0.15, 0.2) is 0 Å². The lowest BCUT2D eigenvalue weighted by atomic mass is 9.96. The number of fused-ring (bicyclic) bond motifs is 1. The van der Waals surface area contributed by atoms with Crippen molar-refractivity contribution in [3.8, 4) is 0 Å². The molecule has 25 heavy (non-hydrogen) atoms. The fraction of sp³-hybridized carbons (Fsp3) is 0.318. The molecule has 1 saturated carbocycles. The number of aromatic nitrogens is 1. The highest BCUT2D eigenvalue weighted by molar-refractivity contribution is 5.94. The first-order valence-corrected chi connectivity index (χ1v) is 9.31. The predicted octanol–water partition coefficient (Wildman–Crippen LogP) is 4.97. The molecule has 2 aromatic carbocycles. The van der Waals surface area contributed by atoms with Gasteiger partial charge in [0, 0.05) is 17.6 Å².